The van der Waals surface area contributed by atoms with Gasteiger partial charge in [0.1, 0.15) is 5.75 Å². The van der Waals surface area contributed by atoms with Gasteiger partial charge in [-0.3, -0.25) is 4.79 Å². The number of ketones is 1. The molecule has 4 rings (SSSR count). The van der Waals surface area contributed by atoms with E-state index in [0.29, 0.717) is 34.8 Å². The van der Waals surface area contributed by atoms with Gasteiger partial charge in [0, 0.05) is 43.4 Å². The summed E-state index contributed by atoms with van der Waals surface area (Å²) in [5.41, 5.74) is 1.79. The van der Waals surface area contributed by atoms with Crippen molar-refractivity contribution in [1.29, 1.82) is 0 Å². The lowest BCUT2D eigenvalue weighted by Crippen LogP contribution is -2.24. The van der Waals surface area contributed by atoms with Crippen LogP contribution in [0, 0.1) is 0 Å². The molecule has 3 nitrogen and oxygen atoms in total. The Morgan fingerprint density at radius 3 is 1.83 bits per heavy atom. The number of phenols is 1. The van der Waals surface area contributed by atoms with Crippen LogP contribution in [0.25, 0.3) is 0 Å². The highest BCUT2D eigenvalue weighted by Crippen LogP contribution is 2.52. The maximum Gasteiger partial charge on any atom is 0.165 e. The highest BCUT2D eigenvalue weighted by atomic mass is 32.2. The number of thiophene rings is 2. The topological polar surface area (TPSA) is 46.5 Å². The first-order valence-corrected chi connectivity index (χ1v) is 15.4. The van der Waals surface area contributed by atoms with Crippen LogP contribution in [-0.4, -0.2) is 23.6 Å². The van der Waals surface area contributed by atoms with Crippen molar-refractivity contribution >= 4 is 40.2 Å². The Kier molecular flexibility index (Phi) is 8.40. The van der Waals surface area contributed by atoms with Gasteiger partial charge in [0.05, 0.1) is 12.7 Å². The maximum atomic E-state index is 13.3. The van der Waals surface area contributed by atoms with Crippen molar-refractivity contribution in [2.24, 2.45) is 0 Å². The maximum absolute atomic E-state index is 13.3. The fourth-order valence-corrected chi connectivity index (χ4v) is 8.32. The number of Topliss-reactive ketones (excluding diaryl/α,β-unsaturated/α-hetero) is 1. The fraction of sp³-hybridized carbons (Fsp3) is 0.500. The molecule has 2 atom stereocenters. The number of ether oxygens (including phenoxy) is 1. The van der Waals surface area contributed by atoms with Crippen molar-refractivity contribution in [3.8, 4) is 5.75 Å². The van der Waals surface area contributed by atoms with Crippen molar-refractivity contribution in [3.05, 3.63) is 73.6 Å². The molecule has 3 heterocycles. The van der Waals surface area contributed by atoms with E-state index >= 15 is 0 Å². The van der Waals surface area contributed by atoms with Crippen molar-refractivity contribution in [2.45, 2.75) is 88.2 Å². The third kappa shape index (κ3) is 6.45. The van der Waals surface area contributed by atoms with Crippen LogP contribution < -0.4 is 0 Å². The van der Waals surface area contributed by atoms with Crippen LogP contribution in [0.1, 0.15) is 103 Å². The van der Waals surface area contributed by atoms with Crippen LogP contribution in [0.4, 0.5) is 0 Å². The number of carbonyl (C=O) groups is 1. The molecule has 36 heavy (non-hydrogen) atoms. The van der Waals surface area contributed by atoms with Gasteiger partial charge in [0.25, 0.3) is 0 Å². The Labute approximate surface area is 228 Å². The second kappa shape index (κ2) is 11.0. The highest BCUT2D eigenvalue weighted by molar-refractivity contribution is 8.00. The summed E-state index contributed by atoms with van der Waals surface area (Å²) in [7, 11) is 0. The summed E-state index contributed by atoms with van der Waals surface area (Å²) in [6, 6.07) is 12.5. The summed E-state index contributed by atoms with van der Waals surface area (Å²) < 4.78 is 6.38. The molecule has 2 unspecified atom stereocenters. The first-order valence-electron chi connectivity index (χ1n) is 12.7. The van der Waals surface area contributed by atoms with Gasteiger partial charge in [-0.1, -0.05) is 53.7 Å². The lowest BCUT2D eigenvalue weighted by Gasteiger charge is -2.34. The van der Waals surface area contributed by atoms with E-state index < -0.39 is 0 Å². The summed E-state index contributed by atoms with van der Waals surface area (Å²) in [5.74, 6) is 0.377. The van der Waals surface area contributed by atoms with E-state index in [-0.39, 0.29) is 22.7 Å². The molecular weight excluding hydrogens is 505 g/mol. The quantitative estimate of drug-likeness (QED) is 0.302. The predicted octanol–water partition coefficient (Wildman–Crippen LogP) is 9.08. The SMILES string of the molecule is CC(C)(C)c1cc(C(=O)CCOC2CC(c3cccs3)SC(c3cccs3)C2)cc(C(C)(C)C)c1O. The standard InChI is InChI=1S/C30H38O3S3/c1-29(2,3)21-15-19(16-22(28(21)32)30(4,5)6)23(31)11-12-33-20-17-26(24-9-7-13-34-24)36-27(18-20)25-10-8-14-35-25/h7-10,13-16,20,26-27,32H,11-12,17-18H2,1-6H3. The average molecular weight is 543 g/mol. The summed E-state index contributed by atoms with van der Waals surface area (Å²) in [6.07, 6.45) is 2.42. The van der Waals surface area contributed by atoms with Gasteiger partial charge < -0.3 is 9.84 Å². The van der Waals surface area contributed by atoms with E-state index in [4.69, 9.17) is 4.74 Å². The normalized spacial score (nSPS) is 21.0. The van der Waals surface area contributed by atoms with E-state index in [1.807, 2.05) is 46.6 Å². The molecule has 1 saturated heterocycles. The number of rotatable bonds is 7. The fourth-order valence-electron chi connectivity index (χ4n) is 4.74. The van der Waals surface area contributed by atoms with Gasteiger partial charge >= 0.3 is 0 Å². The number of hydrogen-bond donors (Lipinski definition) is 1. The Hall–Kier alpha value is -1.60. The molecule has 0 amide bonds. The van der Waals surface area contributed by atoms with Gasteiger partial charge in [-0.15, -0.1) is 34.4 Å². The van der Waals surface area contributed by atoms with Crippen molar-refractivity contribution in [1.82, 2.24) is 0 Å². The van der Waals surface area contributed by atoms with Crippen LogP contribution in [0.5, 0.6) is 5.75 Å². The molecule has 1 aromatic carbocycles. The Bertz CT molecular complexity index is 1070. The molecule has 0 spiro atoms. The summed E-state index contributed by atoms with van der Waals surface area (Å²) in [5, 5.41) is 16.1. The third-order valence-electron chi connectivity index (χ3n) is 6.73. The molecule has 0 saturated carbocycles. The first-order chi connectivity index (χ1) is 16.9. The zero-order chi connectivity index (χ0) is 26.1. The van der Waals surface area contributed by atoms with Crippen molar-refractivity contribution in [2.75, 3.05) is 6.61 Å². The number of phenolic OH excluding ortho intramolecular Hbond substituents is 1. The minimum Gasteiger partial charge on any atom is -0.507 e. The van der Waals surface area contributed by atoms with E-state index in [9.17, 15) is 9.90 Å². The van der Waals surface area contributed by atoms with Crippen LogP contribution in [0.3, 0.4) is 0 Å². The molecule has 2 aromatic heterocycles. The molecule has 1 aliphatic heterocycles. The molecule has 1 N–H and O–H groups in total. The molecule has 0 bridgehead atoms. The summed E-state index contributed by atoms with van der Waals surface area (Å²) in [6.45, 7) is 12.8. The molecule has 1 fully saturated rings. The molecule has 1 aliphatic rings. The smallest absolute Gasteiger partial charge is 0.165 e. The molecular formula is C30H38O3S3. The van der Waals surface area contributed by atoms with E-state index in [1.165, 1.54) is 9.75 Å². The lowest BCUT2D eigenvalue weighted by molar-refractivity contribution is 0.0361. The zero-order valence-corrected chi connectivity index (χ0v) is 24.6. The number of thioether (sulfide) groups is 1. The van der Waals surface area contributed by atoms with E-state index in [0.717, 1.165) is 24.0 Å². The number of benzene rings is 1. The van der Waals surface area contributed by atoms with E-state index in [2.05, 4.69) is 76.6 Å². The van der Waals surface area contributed by atoms with Crippen molar-refractivity contribution in [3.63, 3.8) is 0 Å². The molecule has 3 aromatic rings. The summed E-state index contributed by atoms with van der Waals surface area (Å²) >= 11 is 5.68. The van der Waals surface area contributed by atoms with Gasteiger partial charge in [0.15, 0.2) is 5.78 Å². The predicted molar refractivity (Wildman–Crippen MR) is 155 cm³/mol. The molecule has 194 valence electrons. The zero-order valence-electron chi connectivity index (χ0n) is 22.2. The number of aromatic hydroxyl groups is 1. The van der Waals surface area contributed by atoms with Crippen LogP contribution in [0.15, 0.2) is 47.2 Å². The minimum absolute atomic E-state index is 0.0702. The monoisotopic (exact) mass is 542 g/mol. The Morgan fingerprint density at radius 2 is 1.42 bits per heavy atom. The van der Waals surface area contributed by atoms with Gasteiger partial charge in [0.2, 0.25) is 0 Å². The summed E-state index contributed by atoms with van der Waals surface area (Å²) in [4.78, 5) is 16.1. The van der Waals surface area contributed by atoms with Gasteiger partial charge in [-0.2, -0.15) is 0 Å². The second-order valence-electron chi connectivity index (χ2n) is 11.7. The number of hydrogen-bond acceptors (Lipinski definition) is 6. The average Bonchev–Trinajstić information content (AvgIpc) is 3.52. The minimum atomic E-state index is -0.260. The van der Waals surface area contributed by atoms with Crippen LogP contribution in [-0.2, 0) is 15.6 Å². The Balaban J connectivity index is 1.46. The van der Waals surface area contributed by atoms with Crippen molar-refractivity contribution < 1.29 is 14.6 Å². The number of carbonyl (C=O) groups excluding carboxylic acids is 1. The van der Waals surface area contributed by atoms with Crippen LogP contribution in [0.2, 0.25) is 0 Å². The molecule has 0 radical (unpaired) electrons. The highest BCUT2D eigenvalue weighted by Gasteiger charge is 2.33. The third-order valence-corrected chi connectivity index (χ3v) is 10.6. The van der Waals surface area contributed by atoms with Gasteiger partial charge in [-0.05, 0) is 58.7 Å². The molecule has 6 heteroatoms. The van der Waals surface area contributed by atoms with E-state index in [1.54, 1.807) is 0 Å². The largest absolute Gasteiger partial charge is 0.507 e. The van der Waals surface area contributed by atoms with Crippen LogP contribution >= 0.6 is 34.4 Å². The first kappa shape index (κ1) is 27.4. The lowest BCUT2D eigenvalue weighted by atomic mass is 9.78. The Morgan fingerprint density at radius 1 is 0.917 bits per heavy atom. The second-order valence-corrected chi connectivity index (χ2v) is 15.1. The van der Waals surface area contributed by atoms with Gasteiger partial charge in [-0.25, -0.2) is 0 Å². The molecule has 0 aliphatic carbocycles.